The molecule has 2 heterocycles. The zero-order valence-electron chi connectivity index (χ0n) is 11.2. The summed E-state index contributed by atoms with van der Waals surface area (Å²) in [7, 11) is -3.49. The molecule has 1 unspecified atom stereocenters. The maximum absolute atomic E-state index is 12.4. The number of piperidine rings is 1. The van der Waals surface area contributed by atoms with E-state index in [2.05, 4.69) is 4.98 Å². The SMILES string of the molecule is CC(N)C1CCN(S(=O)(=O)c2cncc(Cl)c2)CC1.Cl. The molecule has 2 rings (SSSR count). The number of sulfonamides is 1. The molecule has 1 saturated heterocycles. The third kappa shape index (κ3) is 3.83. The molecule has 1 atom stereocenters. The number of halogens is 2. The van der Waals surface area contributed by atoms with Crippen LogP contribution in [0.25, 0.3) is 0 Å². The maximum atomic E-state index is 12.4. The number of aromatic nitrogens is 1. The second kappa shape index (κ2) is 7.04. The minimum Gasteiger partial charge on any atom is -0.328 e. The van der Waals surface area contributed by atoms with Gasteiger partial charge in [-0.3, -0.25) is 4.98 Å². The largest absolute Gasteiger partial charge is 0.328 e. The van der Waals surface area contributed by atoms with Crippen molar-refractivity contribution >= 4 is 34.0 Å². The molecule has 1 aliphatic rings. The molecule has 0 aliphatic carbocycles. The normalized spacial score (nSPS) is 19.4. The highest BCUT2D eigenvalue weighted by molar-refractivity contribution is 7.89. The Balaban J connectivity index is 0.00000200. The van der Waals surface area contributed by atoms with Crippen molar-refractivity contribution in [2.45, 2.75) is 30.7 Å². The van der Waals surface area contributed by atoms with Crippen molar-refractivity contribution in [3.05, 3.63) is 23.5 Å². The van der Waals surface area contributed by atoms with Gasteiger partial charge in [0.25, 0.3) is 0 Å². The van der Waals surface area contributed by atoms with Gasteiger partial charge in [0.2, 0.25) is 10.0 Å². The quantitative estimate of drug-likeness (QED) is 0.912. The van der Waals surface area contributed by atoms with Crippen LogP contribution in [0.15, 0.2) is 23.4 Å². The van der Waals surface area contributed by atoms with Crippen LogP contribution in [-0.2, 0) is 10.0 Å². The van der Waals surface area contributed by atoms with Gasteiger partial charge in [-0.25, -0.2) is 8.42 Å². The molecular weight excluding hydrogens is 321 g/mol. The smallest absolute Gasteiger partial charge is 0.244 e. The zero-order chi connectivity index (χ0) is 14.0. The Kier molecular flexibility index (Phi) is 6.22. The van der Waals surface area contributed by atoms with E-state index in [9.17, 15) is 8.42 Å². The van der Waals surface area contributed by atoms with Crippen LogP contribution in [0.4, 0.5) is 0 Å². The molecule has 0 amide bonds. The molecule has 1 fully saturated rings. The van der Waals surface area contributed by atoms with Crippen LogP contribution in [0.1, 0.15) is 19.8 Å². The first-order valence-electron chi connectivity index (χ1n) is 6.27. The van der Waals surface area contributed by atoms with Crippen molar-refractivity contribution in [3.8, 4) is 0 Å². The van der Waals surface area contributed by atoms with Gasteiger partial charge >= 0.3 is 0 Å². The molecule has 1 aromatic rings. The Morgan fingerprint density at radius 2 is 2.00 bits per heavy atom. The first-order valence-corrected chi connectivity index (χ1v) is 8.09. The van der Waals surface area contributed by atoms with Crippen molar-refractivity contribution in [1.29, 1.82) is 0 Å². The van der Waals surface area contributed by atoms with Crippen LogP contribution in [0.3, 0.4) is 0 Å². The predicted octanol–water partition coefficient (Wildman–Crippen LogP) is 1.90. The first-order chi connectivity index (χ1) is 8.91. The fourth-order valence-corrected chi connectivity index (χ4v) is 4.02. The van der Waals surface area contributed by atoms with Gasteiger partial charge < -0.3 is 5.73 Å². The topological polar surface area (TPSA) is 76.3 Å². The Labute approximate surface area is 131 Å². The summed E-state index contributed by atoms with van der Waals surface area (Å²) < 4.78 is 26.3. The maximum Gasteiger partial charge on any atom is 0.244 e. The average Bonchev–Trinajstić information content (AvgIpc) is 2.39. The molecule has 0 bridgehead atoms. The van der Waals surface area contributed by atoms with Crippen LogP contribution in [0, 0.1) is 5.92 Å². The van der Waals surface area contributed by atoms with Gasteiger partial charge in [-0.1, -0.05) is 11.6 Å². The van der Waals surface area contributed by atoms with Crippen LogP contribution in [0.2, 0.25) is 5.02 Å². The van der Waals surface area contributed by atoms with E-state index in [0.29, 0.717) is 24.0 Å². The fourth-order valence-electron chi connectivity index (χ4n) is 2.32. The molecule has 1 aromatic heterocycles. The van der Waals surface area contributed by atoms with Gasteiger partial charge in [0.05, 0.1) is 5.02 Å². The van der Waals surface area contributed by atoms with E-state index in [-0.39, 0.29) is 23.3 Å². The average molecular weight is 340 g/mol. The van der Waals surface area contributed by atoms with Crippen molar-refractivity contribution in [2.24, 2.45) is 11.7 Å². The van der Waals surface area contributed by atoms with Crippen molar-refractivity contribution in [2.75, 3.05) is 13.1 Å². The van der Waals surface area contributed by atoms with Crippen molar-refractivity contribution in [3.63, 3.8) is 0 Å². The molecule has 0 spiro atoms. The third-order valence-corrected chi connectivity index (χ3v) is 5.63. The Morgan fingerprint density at radius 1 is 1.40 bits per heavy atom. The zero-order valence-corrected chi connectivity index (χ0v) is 13.6. The number of hydrogen-bond acceptors (Lipinski definition) is 4. The lowest BCUT2D eigenvalue weighted by atomic mass is 9.92. The predicted molar refractivity (Wildman–Crippen MR) is 81.6 cm³/mol. The number of nitrogens with zero attached hydrogens (tertiary/aromatic N) is 2. The number of rotatable bonds is 3. The molecule has 114 valence electrons. The second-order valence-corrected chi connectivity index (χ2v) is 7.31. The number of pyridine rings is 1. The summed E-state index contributed by atoms with van der Waals surface area (Å²) in [5.41, 5.74) is 5.86. The van der Waals surface area contributed by atoms with Crippen molar-refractivity contribution < 1.29 is 8.42 Å². The standard InChI is InChI=1S/C12H18ClN3O2S.ClH/c1-9(14)10-2-4-16(5-3-10)19(17,18)12-6-11(13)7-15-8-12;/h6-10H,2-5,14H2,1H3;1H. The minimum atomic E-state index is -3.49. The highest BCUT2D eigenvalue weighted by Gasteiger charge is 2.30. The molecule has 20 heavy (non-hydrogen) atoms. The summed E-state index contributed by atoms with van der Waals surface area (Å²) in [6.07, 6.45) is 4.34. The molecule has 0 radical (unpaired) electrons. The summed E-state index contributed by atoms with van der Waals surface area (Å²) >= 11 is 5.79. The van der Waals surface area contributed by atoms with Gasteiger partial charge in [-0.15, -0.1) is 12.4 Å². The fraction of sp³-hybridized carbons (Fsp3) is 0.583. The molecule has 0 aromatic carbocycles. The van der Waals surface area contributed by atoms with E-state index < -0.39 is 10.0 Å². The molecule has 2 N–H and O–H groups in total. The Bertz CT molecular complexity index is 543. The van der Waals surface area contributed by atoms with Gasteiger partial charge in [0, 0.05) is 31.5 Å². The molecule has 8 heteroatoms. The van der Waals surface area contributed by atoms with E-state index in [1.165, 1.54) is 22.8 Å². The van der Waals surface area contributed by atoms with E-state index in [1.54, 1.807) is 0 Å². The molecule has 5 nitrogen and oxygen atoms in total. The van der Waals surface area contributed by atoms with Crippen LogP contribution in [-0.4, -0.2) is 36.8 Å². The van der Waals surface area contributed by atoms with E-state index in [0.717, 1.165) is 12.8 Å². The van der Waals surface area contributed by atoms with Crippen LogP contribution < -0.4 is 5.73 Å². The van der Waals surface area contributed by atoms with Gasteiger partial charge in [0.15, 0.2) is 0 Å². The molecular formula is C12H19Cl2N3O2S. The summed E-state index contributed by atoms with van der Waals surface area (Å²) in [5.74, 6) is 0.393. The highest BCUT2D eigenvalue weighted by Crippen LogP contribution is 2.25. The van der Waals surface area contributed by atoms with Gasteiger partial charge in [-0.2, -0.15) is 4.31 Å². The second-order valence-electron chi connectivity index (χ2n) is 4.94. The van der Waals surface area contributed by atoms with Crippen molar-refractivity contribution in [1.82, 2.24) is 9.29 Å². The van der Waals surface area contributed by atoms with Crippen LogP contribution >= 0.6 is 24.0 Å². The van der Waals surface area contributed by atoms with Gasteiger partial charge in [0.1, 0.15) is 4.90 Å². The number of nitrogens with two attached hydrogens (primary N) is 1. The molecule has 0 saturated carbocycles. The van der Waals surface area contributed by atoms with Gasteiger partial charge in [-0.05, 0) is 31.7 Å². The Morgan fingerprint density at radius 3 is 2.50 bits per heavy atom. The monoisotopic (exact) mass is 339 g/mol. The highest BCUT2D eigenvalue weighted by atomic mass is 35.5. The minimum absolute atomic E-state index is 0. The lowest BCUT2D eigenvalue weighted by molar-refractivity contribution is 0.250. The summed E-state index contributed by atoms with van der Waals surface area (Å²) in [4.78, 5) is 3.98. The van der Waals surface area contributed by atoms with E-state index >= 15 is 0 Å². The summed E-state index contributed by atoms with van der Waals surface area (Å²) in [6.45, 7) is 2.97. The summed E-state index contributed by atoms with van der Waals surface area (Å²) in [6, 6.07) is 1.54. The summed E-state index contributed by atoms with van der Waals surface area (Å²) in [5, 5.41) is 0.326. The van der Waals surface area contributed by atoms with Crippen LogP contribution in [0.5, 0.6) is 0 Å². The van der Waals surface area contributed by atoms with E-state index in [4.69, 9.17) is 17.3 Å². The first kappa shape index (κ1) is 17.7. The third-order valence-electron chi connectivity index (χ3n) is 3.56. The lowest BCUT2D eigenvalue weighted by Crippen LogP contribution is -2.42. The van der Waals surface area contributed by atoms with E-state index in [1.807, 2.05) is 6.92 Å². The lowest BCUT2D eigenvalue weighted by Gasteiger charge is -2.32. The number of hydrogen-bond donors (Lipinski definition) is 1. The molecule has 1 aliphatic heterocycles. The Hall–Kier alpha value is -0.400.